The van der Waals surface area contributed by atoms with Gasteiger partial charge in [-0.15, -0.1) is 0 Å². The number of hydrogen-bond acceptors (Lipinski definition) is 1. The molecule has 2 rings (SSSR count). The Labute approximate surface area is 77.9 Å². The fourth-order valence-corrected chi connectivity index (χ4v) is 1.35. The minimum Gasteiger partial charge on any atom is -0.333 e. The molecular formula is C11H12N2. The lowest BCUT2D eigenvalue weighted by atomic mass is 10.2. The molecule has 0 spiro atoms. The topological polar surface area (TPSA) is 17.8 Å². The van der Waals surface area contributed by atoms with Crippen molar-refractivity contribution in [2.24, 2.45) is 0 Å². The smallest absolute Gasteiger partial charge is 0.0952 e. The molecule has 1 aromatic heterocycles. The van der Waals surface area contributed by atoms with Gasteiger partial charge in [0, 0.05) is 12.7 Å². The van der Waals surface area contributed by atoms with Crippen molar-refractivity contribution < 1.29 is 0 Å². The van der Waals surface area contributed by atoms with E-state index in [1.165, 1.54) is 5.56 Å². The van der Waals surface area contributed by atoms with Gasteiger partial charge in [0.1, 0.15) is 0 Å². The molecule has 0 aliphatic rings. The fourth-order valence-electron chi connectivity index (χ4n) is 1.35. The monoisotopic (exact) mass is 172 g/mol. The molecule has 0 N–H and O–H groups in total. The molecular weight excluding hydrogens is 160 g/mol. The molecule has 2 nitrogen and oxygen atoms in total. The predicted molar refractivity (Wildman–Crippen MR) is 52.5 cm³/mol. The highest BCUT2D eigenvalue weighted by atomic mass is 15.0. The Bertz CT molecular complexity index is 376. The summed E-state index contributed by atoms with van der Waals surface area (Å²) in [5.74, 6) is 0. The Kier molecular flexibility index (Phi) is 2.13. The Balaban J connectivity index is 2.15. The molecule has 0 aliphatic heterocycles. The first-order chi connectivity index (χ1) is 6.34. The molecule has 66 valence electrons. The van der Waals surface area contributed by atoms with E-state index in [0.717, 1.165) is 12.2 Å². The van der Waals surface area contributed by atoms with Crippen LogP contribution < -0.4 is 0 Å². The van der Waals surface area contributed by atoms with Gasteiger partial charge in [0.15, 0.2) is 0 Å². The Hall–Kier alpha value is -1.57. The van der Waals surface area contributed by atoms with E-state index in [1.54, 1.807) is 0 Å². The standard InChI is InChI=1S/C11H12N2/c1-10-7-13(9-12-10)8-11-5-3-2-4-6-11/h2-7,9H,8H2,1H3. The van der Waals surface area contributed by atoms with E-state index < -0.39 is 0 Å². The molecule has 0 saturated carbocycles. The summed E-state index contributed by atoms with van der Waals surface area (Å²) in [6, 6.07) is 10.4. The van der Waals surface area contributed by atoms with Crippen LogP contribution >= 0.6 is 0 Å². The van der Waals surface area contributed by atoms with Gasteiger partial charge in [-0.05, 0) is 12.5 Å². The highest BCUT2D eigenvalue weighted by Gasteiger charge is 1.94. The molecule has 0 aliphatic carbocycles. The van der Waals surface area contributed by atoms with E-state index in [1.807, 2.05) is 25.5 Å². The van der Waals surface area contributed by atoms with E-state index in [9.17, 15) is 0 Å². The molecule has 0 saturated heterocycles. The molecule has 1 heterocycles. The number of aromatic nitrogens is 2. The summed E-state index contributed by atoms with van der Waals surface area (Å²) < 4.78 is 2.09. The second-order valence-corrected chi connectivity index (χ2v) is 3.17. The Morgan fingerprint density at radius 2 is 2.00 bits per heavy atom. The highest BCUT2D eigenvalue weighted by molar-refractivity contribution is 5.15. The van der Waals surface area contributed by atoms with Crippen LogP contribution in [0.4, 0.5) is 0 Å². The number of aryl methyl sites for hydroxylation is 1. The molecule has 0 radical (unpaired) electrons. The lowest BCUT2D eigenvalue weighted by Gasteiger charge is -2.00. The van der Waals surface area contributed by atoms with Gasteiger partial charge in [-0.2, -0.15) is 0 Å². The van der Waals surface area contributed by atoms with E-state index >= 15 is 0 Å². The molecule has 13 heavy (non-hydrogen) atoms. The zero-order valence-electron chi connectivity index (χ0n) is 7.64. The van der Waals surface area contributed by atoms with Crippen LogP contribution in [0.2, 0.25) is 0 Å². The van der Waals surface area contributed by atoms with Gasteiger partial charge >= 0.3 is 0 Å². The van der Waals surface area contributed by atoms with Gasteiger partial charge in [-0.1, -0.05) is 30.3 Å². The van der Waals surface area contributed by atoms with Crippen molar-refractivity contribution >= 4 is 0 Å². The predicted octanol–water partition coefficient (Wildman–Crippen LogP) is 2.24. The van der Waals surface area contributed by atoms with Crippen molar-refractivity contribution in [1.29, 1.82) is 0 Å². The lowest BCUT2D eigenvalue weighted by Crippen LogP contribution is -1.95. The van der Waals surface area contributed by atoms with E-state index in [4.69, 9.17) is 0 Å². The largest absolute Gasteiger partial charge is 0.333 e. The second-order valence-electron chi connectivity index (χ2n) is 3.17. The third kappa shape index (κ3) is 1.96. The molecule has 0 unspecified atom stereocenters. The summed E-state index contributed by atoms with van der Waals surface area (Å²) in [5, 5.41) is 0. The summed E-state index contributed by atoms with van der Waals surface area (Å²) in [7, 11) is 0. The van der Waals surface area contributed by atoms with Crippen LogP contribution in [-0.4, -0.2) is 9.55 Å². The van der Waals surface area contributed by atoms with Crippen molar-refractivity contribution in [1.82, 2.24) is 9.55 Å². The number of hydrogen-bond donors (Lipinski definition) is 0. The summed E-state index contributed by atoms with van der Waals surface area (Å²) in [6.45, 7) is 2.91. The lowest BCUT2D eigenvalue weighted by molar-refractivity contribution is 0.797. The first-order valence-electron chi connectivity index (χ1n) is 4.37. The van der Waals surface area contributed by atoms with Crippen LogP contribution in [0.25, 0.3) is 0 Å². The number of nitrogens with zero attached hydrogens (tertiary/aromatic N) is 2. The van der Waals surface area contributed by atoms with Crippen molar-refractivity contribution in [2.45, 2.75) is 13.5 Å². The quantitative estimate of drug-likeness (QED) is 0.679. The SMILES string of the molecule is Cc1cn(Cc2ccccc2)cn1. The van der Waals surface area contributed by atoms with Gasteiger partial charge < -0.3 is 4.57 Å². The number of benzene rings is 1. The molecule has 0 bridgehead atoms. The highest BCUT2D eigenvalue weighted by Crippen LogP contribution is 2.02. The van der Waals surface area contributed by atoms with Crippen LogP contribution in [0.15, 0.2) is 42.9 Å². The summed E-state index contributed by atoms with van der Waals surface area (Å²) in [4.78, 5) is 4.18. The molecule has 2 heteroatoms. The average Bonchev–Trinajstić information content (AvgIpc) is 2.53. The van der Waals surface area contributed by atoms with Crippen LogP contribution in [0.3, 0.4) is 0 Å². The van der Waals surface area contributed by atoms with E-state index in [0.29, 0.717) is 0 Å². The molecule has 1 aromatic carbocycles. The molecule has 0 fully saturated rings. The first-order valence-corrected chi connectivity index (χ1v) is 4.37. The fraction of sp³-hybridized carbons (Fsp3) is 0.182. The maximum Gasteiger partial charge on any atom is 0.0952 e. The number of imidazole rings is 1. The maximum atomic E-state index is 4.18. The zero-order chi connectivity index (χ0) is 9.10. The normalized spacial score (nSPS) is 10.2. The summed E-state index contributed by atoms with van der Waals surface area (Å²) >= 11 is 0. The summed E-state index contributed by atoms with van der Waals surface area (Å²) in [6.07, 6.45) is 3.91. The third-order valence-corrected chi connectivity index (χ3v) is 1.97. The second kappa shape index (κ2) is 3.44. The van der Waals surface area contributed by atoms with Crippen molar-refractivity contribution in [2.75, 3.05) is 0 Å². The zero-order valence-corrected chi connectivity index (χ0v) is 7.64. The van der Waals surface area contributed by atoms with Gasteiger partial charge in [-0.3, -0.25) is 0 Å². The van der Waals surface area contributed by atoms with Gasteiger partial charge in [0.05, 0.1) is 12.0 Å². The number of rotatable bonds is 2. The molecule has 2 aromatic rings. The molecule has 0 amide bonds. The maximum absolute atomic E-state index is 4.18. The minimum atomic E-state index is 0.904. The first kappa shape index (κ1) is 8.05. The van der Waals surface area contributed by atoms with Crippen LogP contribution in [0, 0.1) is 6.92 Å². The van der Waals surface area contributed by atoms with Crippen LogP contribution in [0.1, 0.15) is 11.3 Å². The van der Waals surface area contributed by atoms with Crippen molar-refractivity contribution in [3.63, 3.8) is 0 Å². The minimum absolute atomic E-state index is 0.904. The van der Waals surface area contributed by atoms with Gasteiger partial charge in [-0.25, -0.2) is 4.98 Å². The Morgan fingerprint density at radius 1 is 1.23 bits per heavy atom. The van der Waals surface area contributed by atoms with Gasteiger partial charge in [0.2, 0.25) is 0 Å². The van der Waals surface area contributed by atoms with Crippen molar-refractivity contribution in [3.05, 3.63) is 54.1 Å². The average molecular weight is 172 g/mol. The van der Waals surface area contributed by atoms with Crippen molar-refractivity contribution in [3.8, 4) is 0 Å². The van der Waals surface area contributed by atoms with Gasteiger partial charge in [0.25, 0.3) is 0 Å². The summed E-state index contributed by atoms with van der Waals surface area (Å²) in [5.41, 5.74) is 2.37. The van der Waals surface area contributed by atoms with Crippen LogP contribution in [-0.2, 0) is 6.54 Å². The van der Waals surface area contributed by atoms with E-state index in [-0.39, 0.29) is 0 Å². The third-order valence-electron chi connectivity index (χ3n) is 1.97. The van der Waals surface area contributed by atoms with Crippen LogP contribution in [0.5, 0.6) is 0 Å². The molecule has 0 atom stereocenters. The van der Waals surface area contributed by atoms with E-state index in [2.05, 4.69) is 33.8 Å². The Morgan fingerprint density at radius 3 is 2.62 bits per heavy atom.